The number of halogens is 1. The van der Waals surface area contributed by atoms with Crippen LogP contribution in [0.25, 0.3) is 0 Å². The summed E-state index contributed by atoms with van der Waals surface area (Å²) < 4.78 is 13.4. The van der Waals surface area contributed by atoms with Gasteiger partial charge in [0, 0.05) is 6.54 Å². The summed E-state index contributed by atoms with van der Waals surface area (Å²) in [7, 11) is 0. The number of hydrogen-bond donors (Lipinski definition) is 3. The van der Waals surface area contributed by atoms with Crippen molar-refractivity contribution >= 4 is 0 Å². The van der Waals surface area contributed by atoms with Crippen molar-refractivity contribution in [2.24, 2.45) is 5.84 Å². The van der Waals surface area contributed by atoms with Crippen molar-refractivity contribution in [3.63, 3.8) is 0 Å². The Morgan fingerprint density at radius 1 is 1.50 bits per heavy atom. The van der Waals surface area contributed by atoms with Crippen LogP contribution in [0.3, 0.4) is 0 Å². The molecule has 60 valence electrons. The molecule has 1 heterocycles. The lowest BCUT2D eigenvalue weighted by atomic mass is 9.95. The zero-order valence-electron chi connectivity index (χ0n) is 5.99. The average molecular weight is 147 g/mol. The van der Waals surface area contributed by atoms with E-state index in [4.69, 9.17) is 5.84 Å². The smallest absolute Gasteiger partial charge is 0.127 e. The Kier molecular flexibility index (Phi) is 2.59. The fourth-order valence-electron chi connectivity index (χ4n) is 1.23. The molecule has 1 rings (SSSR count). The molecule has 0 unspecified atom stereocenters. The first-order chi connectivity index (χ1) is 4.77. The van der Waals surface area contributed by atoms with Crippen molar-refractivity contribution in [2.75, 3.05) is 19.6 Å². The number of hydrazine groups is 1. The Labute approximate surface area is 60.1 Å². The molecule has 4 N–H and O–H groups in total. The highest BCUT2D eigenvalue weighted by atomic mass is 19.1. The van der Waals surface area contributed by atoms with E-state index in [-0.39, 0.29) is 6.54 Å². The van der Waals surface area contributed by atoms with E-state index in [1.165, 1.54) is 0 Å². The second kappa shape index (κ2) is 3.27. The molecule has 0 aromatic heterocycles. The second-order valence-corrected chi connectivity index (χ2v) is 2.78. The van der Waals surface area contributed by atoms with Crippen molar-refractivity contribution in [1.82, 2.24) is 10.7 Å². The predicted molar refractivity (Wildman–Crippen MR) is 38.1 cm³/mol. The molecule has 0 amide bonds. The van der Waals surface area contributed by atoms with Gasteiger partial charge < -0.3 is 5.32 Å². The number of piperidine rings is 1. The van der Waals surface area contributed by atoms with Crippen molar-refractivity contribution in [1.29, 1.82) is 0 Å². The molecule has 3 nitrogen and oxygen atoms in total. The van der Waals surface area contributed by atoms with Crippen LogP contribution in [0.1, 0.15) is 12.8 Å². The van der Waals surface area contributed by atoms with Crippen molar-refractivity contribution < 1.29 is 4.39 Å². The third kappa shape index (κ3) is 1.90. The van der Waals surface area contributed by atoms with Crippen LogP contribution in [0.2, 0.25) is 0 Å². The van der Waals surface area contributed by atoms with E-state index in [2.05, 4.69) is 10.7 Å². The predicted octanol–water partition coefficient (Wildman–Crippen LogP) is -0.459. The molecule has 0 aliphatic carbocycles. The monoisotopic (exact) mass is 147 g/mol. The quantitative estimate of drug-likeness (QED) is 0.366. The molecule has 0 radical (unpaired) electrons. The van der Waals surface area contributed by atoms with Crippen molar-refractivity contribution in [3.05, 3.63) is 0 Å². The standard InChI is InChI=1S/C6H14FN3/c7-6(5-10-8)1-3-9-4-2-6/h9-10H,1-5,8H2. The number of alkyl halides is 1. The Balaban J connectivity index is 2.32. The summed E-state index contributed by atoms with van der Waals surface area (Å²) in [6, 6.07) is 0. The summed E-state index contributed by atoms with van der Waals surface area (Å²) in [6.45, 7) is 1.80. The topological polar surface area (TPSA) is 50.1 Å². The lowest BCUT2D eigenvalue weighted by molar-refractivity contribution is 0.114. The number of hydrogen-bond acceptors (Lipinski definition) is 3. The van der Waals surface area contributed by atoms with Gasteiger partial charge in [-0.2, -0.15) is 0 Å². The minimum Gasteiger partial charge on any atom is -0.316 e. The van der Waals surface area contributed by atoms with Gasteiger partial charge in [-0.25, -0.2) is 4.39 Å². The van der Waals surface area contributed by atoms with Gasteiger partial charge in [0.2, 0.25) is 0 Å². The van der Waals surface area contributed by atoms with Crippen LogP contribution in [0.4, 0.5) is 4.39 Å². The molecule has 1 fully saturated rings. The molecule has 0 aromatic carbocycles. The maximum Gasteiger partial charge on any atom is 0.127 e. The van der Waals surface area contributed by atoms with Crippen LogP contribution in [0, 0.1) is 0 Å². The molecule has 0 atom stereocenters. The summed E-state index contributed by atoms with van der Waals surface area (Å²) in [5, 5.41) is 3.09. The van der Waals surface area contributed by atoms with Crippen molar-refractivity contribution in [3.8, 4) is 0 Å². The van der Waals surface area contributed by atoms with Crippen LogP contribution >= 0.6 is 0 Å². The zero-order valence-corrected chi connectivity index (χ0v) is 5.99. The first-order valence-electron chi connectivity index (χ1n) is 3.60. The van der Waals surface area contributed by atoms with Gasteiger partial charge in [0.25, 0.3) is 0 Å². The second-order valence-electron chi connectivity index (χ2n) is 2.78. The van der Waals surface area contributed by atoms with E-state index < -0.39 is 5.67 Å². The molecule has 1 aliphatic heterocycles. The Hall–Kier alpha value is -0.190. The summed E-state index contributed by atoms with van der Waals surface area (Å²) in [5.41, 5.74) is 1.31. The molecule has 10 heavy (non-hydrogen) atoms. The fraction of sp³-hybridized carbons (Fsp3) is 1.00. The lowest BCUT2D eigenvalue weighted by Gasteiger charge is -2.29. The van der Waals surface area contributed by atoms with Gasteiger partial charge in [-0.05, 0) is 25.9 Å². The summed E-state index contributed by atoms with van der Waals surface area (Å²) in [5.74, 6) is 5.03. The first-order valence-corrected chi connectivity index (χ1v) is 3.60. The highest BCUT2D eigenvalue weighted by Gasteiger charge is 2.30. The van der Waals surface area contributed by atoms with Crippen LogP contribution < -0.4 is 16.6 Å². The number of nitrogens with one attached hydrogen (secondary N) is 2. The summed E-state index contributed by atoms with van der Waals surface area (Å²) in [4.78, 5) is 0. The molecule has 1 aliphatic rings. The van der Waals surface area contributed by atoms with Crippen LogP contribution in [-0.4, -0.2) is 25.3 Å². The third-order valence-electron chi connectivity index (χ3n) is 1.92. The molecular formula is C6H14FN3. The van der Waals surface area contributed by atoms with E-state index in [1.54, 1.807) is 0 Å². The molecule has 4 heteroatoms. The minimum atomic E-state index is -1.07. The van der Waals surface area contributed by atoms with Crippen LogP contribution in [-0.2, 0) is 0 Å². The van der Waals surface area contributed by atoms with E-state index in [1.807, 2.05) is 0 Å². The third-order valence-corrected chi connectivity index (χ3v) is 1.92. The van der Waals surface area contributed by atoms with Crippen LogP contribution in [0.15, 0.2) is 0 Å². The van der Waals surface area contributed by atoms with Gasteiger partial charge in [-0.1, -0.05) is 0 Å². The molecule has 0 saturated carbocycles. The molecule has 0 bridgehead atoms. The zero-order chi connectivity index (χ0) is 7.45. The maximum absolute atomic E-state index is 13.4. The van der Waals surface area contributed by atoms with E-state index in [0.29, 0.717) is 12.8 Å². The largest absolute Gasteiger partial charge is 0.316 e. The van der Waals surface area contributed by atoms with E-state index >= 15 is 0 Å². The van der Waals surface area contributed by atoms with E-state index in [9.17, 15) is 4.39 Å². The molecule has 0 spiro atoms. The van der Waals surface area contributed by atoms with Gasteiger partial charge in [-0.3, -0.25) is 11.3 Å². The SMILES string of the molecule is NNCC1(F)CCNCC1. The Morgan fingerprint density at radius 2 is 2.10 bits per heavy atom. The normalized spacial score (nSPS) is 24.6. The molecule has 1 saturated heterocycles. The van der Waals surface area contributed by atoms with Crippen molar-refractivity contribution in [2.45, 2.75) is 18.5 Å². The highest BCUT2D eigenvalue weighted by molar-refractivity contribution is 4.85. The van der Waals surface area contributed by atoms with Gasteiger partial charge in [0.05, 0.1) is 0 Å². The summed E-state index contributed by atoms with van der Waals surface area (Å²) >= 11 is 0. The number of nitrogens with two attached hydrogens (primary N) is 1. The first kappa shape index (κ1) is 7.91. The van der Waals surface area contributed by atoms with Gasteiger partial charge in [0.15, 0.2) is 0 Å². The lowest BCUT2D eigenvalue weighted by Crippen LogP contribution is -2.47. The average Bonchev–Trinajstić information content (AvgIpc) is 1.89. The van der Waals surface area contributed by atoms with E-state index in [0.717, 1.165) is 13.1 Å². The fourth-order valence-corrected chi connectivity index (χ4v) is 1.23. The van der Waals surface area contributed by atoms with Gasteiger partial charge in [0.1, 0.15) is 5.67 Å². The summed E-state index contributed by atoms with van der Waals surface area (Å²) in [6.07, 6.45) is 1.13. The van der Waals surface area contributed by atoms with Gasteiger partial charge in [-0.15, -0.1) is 0 Å². The highest BCUT2D eigenvalue weighted by Crippen LogP contribution is 2.21. The molecular weight excluding hydrogens is 133 g/mol. The van der Waals surface area contributed by atoms with Gasteiger partial charge >= 0.3 is 0 Å². The maximum atomic E-state index is 13.4. The van der Waals surface area contributed by atoms with Crippen LogP contribution in [0.5, 0.6) is 0 Å². The Bertz CT molecular complexity index is 95.7. The number of rotatable bonds is 2. The molecule has 0 aromatic rings. The Morgan fingerprint density at radius 3 is 2.60 bits per heavy atom. The minimum absolute atomic E-state index is 0.272.